The highest BCUT2D eigenvalue weighted by Crippen LogP contribution is 2.40. The second-order valence-electron chi connectivity index (χ2n) is 11.5. The van der Waals surface area contributed by atoms with E-state index in [2.05, 4.69) is 4.90 Å². The predicted molar refractivity (Wildman–Crippen MR) is 166 cm³/mol. The first-order valence-corrected chi connectivity index (χ1v) is 14.9. The lowest BCUT2D eigenvalue weighted by Gasteiger charge is -2.39. The predicted octanol–water partition coefficient (Wildman–Crippen LogP) is 5.58. The second kappa shape index (κ2) is 12.8. The molecule has 0 aliphatic carbocycles. The van der Waals surface area contributed by atoms with E-state index in [0.29, 0.717) is 35.3 Å². The molecule has 4 aromatic rings. The molecule has 0 unspecified atom stereocenters. The number of anilines is 1. The van der Waals surface area contributed by atoms with Gasteiger partial charge in [0.15, 0.2) is 6.29 Å². The highest BCUT2D eigenvalue weighted by molar-refractivity contribution is 6.34. The number of carbonyl (C=O) groups excluding carboxylic acids is 2. The van der Waals surface area contributed by atoms with Crippen molar-refractivity contribution in [1.82, 2.24) is 4.90 Å². The van der Waals surface area contributed by atoms with Crippen LogP contribution in [0.3, 0.4) is 0 Å². The quantitative estimate of drug-likeness (QED) is 0.245. The van der Waals surface area contributed by atoms with E-state index in [1.807, 2.05) is 74.6 Å². The van der Waals surface area contributed by atoms with Gasteiger partial charge in [-0.3, -0.25) is 14.5 Å². The van der Waals surface area contributed by atoms with Crippen LogP contribution in [0.4, 0.5) is 5.69 Å². The Morgan fingerprint density at radius 1 is 0.841 bits per heavy atom. The topological polar surface area (TPSA) is 99.5 Å². The Labute approximate surface area is 257 Å². The van der Waals surface area contributed by atoms with Crippen molar-refractivity contribution in [2.45, 2.75) is 50.6 Å². The number of ether oxygens (including phenoxy) is 2. The molecule has 5 atom stereocenters. The molecule has 8 heteroatoms. The summed E-state index contributed by atoms with van der Waals surface area (Å²) in [5.41, 5.74) is 4.51. The lowest BCUT2D eigenvalue weighted by Crippen LogP contribution is -2.43. The van der Waals surface area contributed by atoms with Gasteiger partial charge in [-0.2, -0.15) is 0 Å². The van der Waals surface area contributed by atoms with Crippen molar-refractivity contribution in [2.24, 2.45) is 0 Å². The molecule has 44 heavy (non-hydrogen) atoms. The van der Waals surface area contributed by atoms with E-state index in [1.54, 1.807) is 42.5 Å². The molecule has 226 valence electrons. The van der Waals surface area contributed by atoms with Crippen molar-refractivity contribution in [1.29, 1.82) is 0 Å². The Morgan fingerprint density at radius 3 is 2.16 bits per heavy atom. The summed E-state index contributed by atoms with van der Waals surface area (Å²) in [4.78, 5) is 29.6. The molecule has 2 heterocycles. The lowest BCUT2D eigenvalue weighted by molar-refractivity contribution is -0.253. The van der Waals surface area contributed by atoms with Crippen LogP contribution in [-0.2, 0) is 16.1 Å². The monoisotopic (exact) mass is 592 g/mol. The summed E-state index contributed by atoms with van der Waals surface area (Å²) in [6, 6.07) is 31.1. The van der Waals surface area contributed by atoms with Gasteiger partial charge in [-0.1, -0.05) is 78.9 Å². The number of aliphatic hydroxyl groups is 2. The molecule has 0 saturated carbocycles. The third-order valence-corrected chi connectivity index (χ3v) is 8.59. The van der Waals surface area contributed by atoms with Gasteiger partial charge in [0.25, 0.3) is 11.8 Å². The number of hydrogen-bond acceptors (Lipinski definition) is 7. The van der Waals surface area contributed by atoms with Crippen LogP contribution in [0.25, 0.3) is 0 Å². The Kier molecular flexibility index (Phi) is 8.70. The van der Waals surface area contributed by atoms with Crippen molar-refractivity contribution in [2.75, 3.05) is 18.5 Å². The second-order valence-corrected chi connectivity index (χ2v) is 11.5. The number of imide groups is 1. The lowest BCUT2D eigenvalue weighted by atomic mass is 9.98. The van der Waals surface area contributed by atoms with E-state index in [9.17, 15) is 19.8 Å². The molecule has 0 bridgehead atoms. The fourth-order valence-electron chi connectivity index (χ4n) is 5.92. The molecule has 2 amide bonds. The zero-order valence-electron chi connectivity index (χ0n) is 24.7. The van der Waals surface area contributed by atoms with Crippen molar-refractivity contribution >= 4 is 17.5 Å². The summed E-state index contributed by atoms with van der Waals surface area (Å²) in [5, 5.41) is 20.6. The number of likely N-dealkylation sites (N-methyl/N-ethyl adjacent to an activating group) is 1. The summed E-state index contributed by atoms with van der Waals surface area (Å²) in [6.07, 6.45) is -1.43. The first-order valence-electron chi connectivity index (χ1n) is 14.9. The van der Waals surface area contributed by atoms with Gasteiger partial charge in [-0.25, -0.2) is 4.90 Å². The third-order valence-electron chi connectivity index (χ3n) is 8.59. The fourth-order valence-corrected chi connectivity index (χ4v) is 5.92. The molecular weight excluding hydrogens is 556 g/mol. The highest BCUT2D eigenvalue weighted by atomic mass is 16.7. The van der Waals surface area contributed by atoms with Crippen LogP contribution < -0.4 is 4.90 Å². The molecule has 2 aliphatic rings. The molecule has 1 fully saturated rings. The first kappa shape index (κ1) is 29.9. The SMILES string of the molecule is C[C@@H]([C@H](O)c1ccccc1)N(C)C[C@H]1C[C@@H](c2ccc(CO)cc2)O[C@@H](c2cccc(N3C(=O)c4ccccc4C3=O)c2)O1. The Bertz CT molecular complexity index is 1590. The van der Waals surface area contributed by atoms with E-state index >= 15 is 0 Å². The van der Waals surface area contributed by atoms with Crippen LogP contribution in [0.2, 0.25) is 0 Å². The van der Waals surface area contributed by atoms with Gasteiger partial charge in [-0.05, 0) is 54.9 Å². The first-order chi connectivity index (χ1) is 21.3. The zero-order valence-corrected chi connectivity index (χ0v) is 24.7. The van der Waals surface area contributed by atoms with E-state index < -0.39 is 12.4 Å². The Hall–Kier alpha value is -4.18. The highest BCUT2D eigenvalue weighted by Gasteiger charge is 2.38. The fraction of sp³-hybridized carbons (Fsp3) is 0.278. The van der Waals surface area contributed by atoms with E-state index in [0.717, 1.165) is 16.7 Å². The van der Waals surface area contributed by atoms with Gasteiger partial charge in [0, 0.05) is 24.6 Å². The van der Waals surface area contributed by atoms with Crippen LogP contribution in [0, 0.1) is 0 Å². The summed E-state index contributed by atoms with van der Waals surface area (Å²) in [6.45, 7) is 2.48. The molecule has 1 saturated heterocycles. The summed E-state index contributed by atoms with van der Waals surface area (Å²) >= 11 is 0. The zero-order chi connectivity index (χ0) is 30.8. The van der Waals surface area contributed by atoms with Crippen molar-refractivity contribution in [3.63, 3.8) is 0 Å². The van der Waals surface area contributed by atoms with Gasteiger partial charge in [0.05, 0.1) is 41.7 Å². The van der Waals surface area contributed by atoms with Gasteiger partial charge in [0.1, 0.15) is 0 Å². The average molecular weight is 593 g/mol. The molecular formula is C36H36N2O6. The van der Waals surface area contributed by atoms with Crippen LogP contribution in [0.5, 0.6) is 0 Å². The Morgan fingerprint density at radius 2 is 1.50 bits per heavy atom. The van der Waals surface area contributed by atoms with Crippen molar-refractivity contribution in [3.05, 3.63) is 137 Å². The van der Waals surface area contributed by atoms with Crippen LogP contribution >= 0.6 is 0 Å². The summed E-state index contributed by atoms with van der Waals surface area (Å²) in [5.74, 6) is -0.721. The molecule has 0 radical (unpaired) electrons. The smallest absolute Gasteiger partial charge is 0.266 e. The summed E-state index contributed by atoms with van der Waals surface area (Å²) < 4.78 is 13.0. The van der Waals surface area contributed by atoms with Crippen molar-refractivity contribution < 1.29 is 29.3 Å². The van der Waals surface area contributed by atoms with E-state index in [-0.39, 0.29) is 36.7 Å². The van der Waals surface area contributed by atoms with Gasteiger partial charge < -0.3 is 19.7 Å². The molecule has 0 aromatic heterocycles. The maximum absolute atomic E-state index is 13.2. The summed E-state index contributed by atoms with van der Waals surface area (Å²) in [7, 11) is 1.97. The number of hydrogen-bond donors (Lipinski definition) is 2. The minimum absolute atomic E-state index is 0.0445. The van der Waals surface area contributed by atoms with Crippen LogP contribution in [0.1, 0.15) is 74.8 Å². The third kappa shape index (κ3) is 5.95. The van der Waals surface area contributed by atoms with Crippen LogP contribution in [-0.4, -0.2) is 52.7 Å². The van der Waals surface area contributed by atoms with E-state index in [1.165, 1.54) is 4.90 Å². The standard InChI is InChI=1S/C36H36N2O6/c1-23(33(40)26-9-4-3-5-10-26)37(2)21-29-20-32(25-17-15-24(22-39)16-18-25)44-36(43-29)27-11-8-12-28(19-27)38-34(41)30-13-6-7-14-31(30)35(38)42/h3-19,23,29,32-33,36,39-40H,20-22H2,1-2H3/t23-,29+,32-,33-,36-/m0/s1. The number of nitrogens with zero attached hydrogens (tertiary/aromatic N) is 2. The Balaban J connectivity index is 1.26. The molecule has 2 aliphatic heterocycles. The molecule has 0 spiro atoms. The number of aliphatic hydroxyl groups excluding tert-OH is 2. The average Bonchev–Trinajstić information content (AvgIpc) is 3.33. The molecule has 4 aromatic carbocycles. The van der Waals surface area contributed by atoms with Gasteiger partial charge >= 0.3 is 0 Å². The van der Waals surface area contributed by atoms with Crippen LogP contribution in [0.15, 0.2) is 103 Å². The molecule has 6 rings (SSSR count). The number of carbonyl (C=O) groups is 2. The number of fused-ring (bicyclic) bond motifs is 1. The number of amides is 2. The van der Waals surface area contributed by atoms with E-state index in [4.69, 9.17) is 9.47 Å². The number of benzene rings is 4. The van der Waals surface area contributed by atoms with Gasteiger partial charge in [-0.15, -0.1) is 0 Å². The maximum atomic E-state index is 13.2. The number of rotatable bonds is 9. The normalized spacial score (nSPS) is 21.4. The molecule has 8 nitrogen and oxygen atoms in total. The van der Waals surface area contributed by atoms with Gasteiger partial charge in [0.2, 0.25) is 0 Å². The minimum atomic E-state index is -0.769. The minimum Gasteiger partial charge on any atom is -0.392 e. The maximum Gasteiger partial charge on any atom is 0.266 e. The largest absolute Gasteiger partial charge is 0.392 e. The van der Waals surface area contributed by atoms with Crippen molar-refractivity contribution in [3.8, 4) is 0 Å². The molecule has 2 N–H and O–H groups in total.